The first-order valence-corrected chi connectivity index (χ1v) is 9.29. The first-order chi connectivity index (χ1) is 11.5. The van der Waals surface area contributed by atoms with Crippen LogP contribution in [0, 0.1) is 28.6 Å². The molecule has 0 saturated heterocycles. The largest absolute Gasteiger partial charge is 0.299 e. The normalized spacial score (nSPS) is 44.0. The van der Waals surface area contributed by atoms with Crippen LogP contribution < -0.4 is 0 Å². The zero-order valence-electron chi connectivity index (χ0n) is 14.3. The summed E-state index contributed by atoms with van der Waals surface area (Å²) in [6, 6.07) is 0. The van der Waals surface area contributed by atoms with Crippen LogP contribution in [0.2, 0.25) is 0 Å². The highest BCUT2D eigenvalue weighted by atomic mass is 16.1. The quantitative estimate of drug-likeness (QED) is 0.428. The molecule has 0 aromatic heterocycles. The third kappa shape index (κ3) is 2.03. The van der Waals surface area contributed by atoms with Gasteiger partial charge in [-0.2, -0.15) is 0 Å². The smallest absolute Gasteiger partial charge is 0.155 e. The molecule has 0 amide bonds. The van der Waals surface area contributed by atoms with Crippen molar-refractivity contribution in [2.45, 2.75) is 58.3 Å². The van der Waals surface area contributed by atoms with Gasteiger partial charge in [0.15, 0.2) is 5.78 Å². The second-order valence-corrected chi connectivity index (χ2v) is 8.51. The number of carbonyl (C=O) groups excluding carboxylic acids is 2. The van der Waals surface area contributed by atoms with Gasteiger partial charge in [-0.25, -0.2) is 0 Å². The molecule has 0 heterocycles. The summed E-state index contributed by atoms with van der Waals surface area (Å²) >= 11 is 0. The van der Waals surface area contributed by atoms with Crippen molar-refractivity contribution >= 4 is 11.6 Å². The van der Waals surface area contributed by atoms with E-state index in [-0.39, 0.29) is 16.6 Å². The predicted molar refractivity (Wildman–Crippen MR) is 90.1 cm³/mol. The van der Waals surface area contributed by atoms with Crippen molar-refractivity contribution in [1.82, 2.24) is 0 Å². The molecule has 4 rings (SSSR count). The van der Waals surface area contributed by atoms with Crippen molar-refractivity contribution in [2.75, 3.05) is 6.54 Å². The number of ketones is 2. The number of azide groups is 1. The van der Waals surface area contributed by atoms with Gasteiger partial charge in [-0.05, 0) is 67.9 Å². The molecule has 4 aliphatic rings. The van der Waals surface area contributed by atoms with E-state index in [4.69, 9.17) is 5.53 Å². The average molecular weight is 327 g/mol. The van der Waals surface area contributed by atoms with E-state index < -0.39 is 0 Å². The molecule has 0 radical (unpaired) electrons. The predicted octanol–water partition coefficient (Wildman–Crippen LogP) is 4.38. The third-order valence-corrected chi connectivity index (χ3v) is 7.81. The average Bonchev–Trinajstić information content (AvgIpc) is 2.88. The Hall–Kier alpha value is -1.61. The third-order valence-electron chi connectivity index (χ3n) is 7.81. The highest BCUT2D eigenvalue weighted by molar-refractivity contribution is 5.91. The van der Waals surface area contributed by atoms with E-state index in [0.29, 0.717) is 36.5 Å². The fraction of sp³-hybridized carbons (Fsp3) is 0.789. The molecule has 5 atom stereocenters. The molecule has 0 N–H and O–H groups in total. The summed E-state index contributed by atoms with van der Waals surface area (Å²) in [5.41, 5.74) is 9.85. The maximum absolute atomic E-state index is 12.5. The minimum absolute atomic E-state index is 0.129. The van der Waals surface area contributed by atoms with Crippen LogP contribution in [0.1, 0.15) is 58.3 Å². The fourth-order valence-corrected chi connectivity index (χ4v) is 6.59. The van der Waals surface area contributed by atoms with Crippen LogP contribution >= 0.6 is 0 Å². The minimum atomic E-state index is -0.132. The molecular formula is C19H25N3O2. The van der Waals surface area contributed by atoms with Crippen molar-refractivity contribution < 1.29 is 9.59 Å². The number of carbonyl (C=O) groups is 2. The Balaban J connectivity index is 1.74. The van der Waals surface area contributed by atoms with E-state index in [1.807, 2.05) is 6.08 Å². The summed E-state index contributed by atoms with van der Waals surface area (Å²) in [6.45, 7) is 2.65. The van der Waals surface area contributed by atoms with Gasteiger partial charge >= 0.3 is 0 Å². The van der Waals surface area contributed by atoms with Gasteiger partial charge in [-0.15, -0.1) is 0 Å². The van der Waals surface area contributed by atoms with Gasteiger partial charge in [0.25, 0.3) is 0 Å². The Morgan fingerprint density at radius 3 is 2.79 bits per heavy atom. The Morgan fingerprint density at radius 2 is 2.00 bits per heavy atom. The van der Waals surface area contributed by atoms with Crippen LogP contribution in [-0.4, -0.2) is 18.1 Å². The SMILES string of the molecule is C[C@]12CCC3C(CCC4=CC(=O)CC[C@@]43CN=[N+]=[N-])C1CCC2=O. The minimum Gasteiger partial charge on any atom is -0.299 e. The zero-order valence-corrected chi connectivity index (χ0v) is 14.3. The number of Topliss-reactive ketones (excluding diaryl/α,β-unsaturated/α-hetero) is 1. The van der Waals surface area contributed by atoms with Gasteiger partial charge in [0.1, 0.15) is 5.78 Å². The summed E-state index contributed by atoms with van der Waals surface area (Å²) in [5.74, 6) is 2.15. The van der Waals surface area contributed by atoms with Gasteiger partial charge < -0.3 is 0 Å². The van der Waals surface area contributed by atoms with Crippen LogP contribution in [0.25, 0.3) is 10.4 Å². The first-order valence-electron chi connectivity index (χ1n) is 9.29. The van der Waals surface area contributed by atoms with Gasteiger partial charge in [-0.3, -0.25) is 9.59 Å². The lowest BCUT2D eigenvalue weighted by molar-refractivity contribution is -0.132. The summed E-state index contributed by atoms with van der Waals surface area (Å²) in [5, 5.41) is 3.97. The van der Waals surface area contributed by atoms with Crippen molar-refractivity contribution in [1.29, 1.82) is 0 Å². The number of hydrogen-bond donors (Lipinski definition) is 0. The second kappa shape index (κ2) is 5.45. The summed E-state index contributed by atoms with van der Waals surface area (Å²) < 4.78 is 0. The lowest BCUT2D eigenvalue weighted by atomic mass is 9.47. The van der Waals surface area contributed by atoms with Crippen molar-refractivity contribution in [2.24, 2.45) is 33.7 Å². The molecule has 128 valence electrons. The van der Waals surface area contributed by atoms with Crippen LogP contribution in [0.3, 0.4) is 0 Å². The first kappa shape index (κ1) is 15.9. The van der Waals surface area contributed by atoms with E-state index in [9.17, 15) is 9.59 Å². The maximum atomic E-state index is 12.5. The van der Waals surface area contributed by atoms with Gasteiger partial charge in [-0.1, -0.05) is 17.6 Å². The topological polar surface area (TPSA) is 82.9 Å². The van der Waals surface area contributed by atoms with Crippen LogP contribution in [0.5, 0.6) is 0 Å². The van der Waals surface area contributed by atoms with Gasteiger partial charge in [0.2, 0.25) is 0 Å². The summed E-state index contributed by atoms with van der Waals surface area (Å²) in [7, 11) is 0. The van der Waals surface area contributed by atoms with Crippen molar-refractivity contribution in [3.63, 3.8) is 0 Å². The van der Waals surface area contributed by atoms with Crippen LogP contribution in [0.4, 0.5) is 0 Å². The molecule has 0 aliphatic heterocycles. The number of rotatable bonds is 2. The molecule has 3 saturated carbocycles. The van der Waals surface area contributed by atoms with Crippen LogP contribution in [0.15, 0.2) is 16.8 Å². The van der Waals surface area contributed by atoms with Gasteiger partial charge in [0, 0.05) is 35.1 Å². The number of hydrogen-bond acceptors (Lipinski definition) is 3. The monoisotopic (exact) mass is 327 g/mol. The molecule has 5 heteroatoms. The molecule has 0 aromatic carbocycles. The summed E-state index contributed by atoms with van der Waals surface area (Å²) in [4.78, 5) is 27.4. The zero-order chi connectivity index (χ0) is 16.9. The number of fused-ring (bicyclic) bond motifs is 5. The number of nitrogens with zero attached hydrogens (tertiary/aromatic N) is 3. The molecule has 3 unspecified atom stereocenters. The second-order valence-electron chi connectivity index (χ2n) is 8.51. The fourth-order valence-electron chi connectivity index (χ4n) is 6.59. The molecule has 0 spiro atoms. The molecule has 0 aromatic rings. The van der Waals surface area contributed by atoms with Crippen LogP contribution in [-0.2, 0) is 9.59 Å². The Kier molecular flexibility index (Phi) is 3.61. The highest BCUT2D eigenvalue weighted by Gasteiger charge is 2.59. The Morgan fingerprint density at radius 1 is 1.17 bits per heavy atom. The molecule has 24 heavy (non-hydrogen) atoms. The molecule has 3 fully saturated rings. The van der Waals surface area contributed by atoms with Gasteiger partial charge in [0.05, 0.1) is 0 Å². The van der Waals surface area contributed by atoms with Crippen molar-refractivity contribution in [3.05, 3.63) is 22.1 Å². The van der Waals surface area contributed by atoms with E-state index >= 15 is 0 Å². The van der Waals surface area contributed by atoms with Crippen molar-refractivity contribution in [3.8, 4) is 0 Å². The van der Waals surface area contributed by atoms with E-state index in [0.717, 1.165) is 44.9 Å². The lowest BCUT2D eigenvalue weighted by Gasteiger charge is -2.57. The van der Waals surface area contributed by atoms with E-state index in [1.54, 1.807) is 0 Å². The molecule has 0 bridgehead atoms. The Bertz CT molecular complexity index is 678. The lowest BCUT2D eigenvalue weighted by Crippen LogP contribution is -2.52. The Labute approximate surface area is 142 Å². The highest BCUT2D eigenvalue weighted by Crippen LogP contribution is 2.64. The maximum Gasteiger partial charge on any atom is 0.155 e. The molecule has 4 aliphatic carbocycles. The molecule has 5 nitrogen and oxygen atoms in total. The van der Waals surface area contributed by atoms with E-state index in [1.165, 1.54) is 5.57 Å². The molecular weight excluding hydrogens is 302 g/mol. The standard InChI is InChI=1S/C19H25N3O2/c1-18-8-7-16-14(15(18)4-5-17(18)24)3-2-12-10-13(23)6-9-19(12,16)11-21-22-20/h10,14-16H,2-9,11H2,1H3/t14?,15?,16?,18-,19+/m0/s1. The van der Waals surface area contributed by atoms with E-state index in [2.05, 4.69) is 16.9 Å². The summed E-state index contributed by atoms with van der Waals surface area (Å²) in [6.07, 6.45) is 8.96.